The van der Waals surface area contributed by atoms with Crippen molar-refractivity contribution >= 4 is 17.5 Å². The highest BCUT2D eigenvalue weighted by atomic mass is 16.5. The first kappa shape index (κ1) is 19.7. The first-order chi connectivity index (χ1) is 13.7. The summed E-state index contributed by atoms with van der Waals surface area (Å²) in [7, 11) is 0. The standard InChI is InChI=1S/C21H24N2O5/c1-2-27-18-9-5-6-10-19(18)28-15-20(24)22-17-8-4-3-7-16(17)21(25)23-11-13-26-14-12-23/h3-10H,2,11-15H2,1H3,(H,22,24). The molecule has 1 aliphatic rings. The number of nitrogens with zero attached hydrogens (tertiary/aromatic N) is 1. The van der Waals surface area contributed by atoms with Crippen LogP contribution < -0.4 is 14.8 Å². The van der Waals surface area contributed by atoms with Crippen LogP contribution in [0.5, 0.6) is 11.5 Å². The molecule has 1 aliphatic heterocycles. The minimum atomic E-state index is -0.353. The highest BCUT2D eigenvalue weighted by molar-refractivity contribution is 6.04. The van der Waals surface area contributed by atoms with Gasteiger partial charge in [-0.25, -0.2) is 0 Å². The van der Waals surface area contributed by atoms with Crippen LogP contribution in [-0.2, 0) is 9.53 Å². The highest BCUT2D eigenvalue weighted by Crippen LogP contribution is 2.26. The molecule has 7 heteroatoms. The molecule has 1 saturated heterocycles. The summed E-state index contributed by atoms with van der Waals surface area (Å²) < 4.78 is 16.4. The summed E-state index contributed by atoms with van der Waals surface area (Å²) in [5, 5.41) is 2.77. The Morgan fingerprint density at radius 3 is 2.36 bits per heavy atom. The highest BCUT2D eigenvalue weighted by Gasteiger charge is 2.21. The van der Waals surface area contributed by atoms with E-state index in [4.69, 9.17) is 14.2 Å². The molecule has 3 rings (SSSR count). The lowest BCUT2D eigenvalue weighted by atomic mass is 10.1. The zero-order valence-corrected chi connectivity index (χ0v) is 15.8. The molecular formula is C21H24N2O5. The smallest absolute Gasteiger partial charge is 0.262 e. The minimum absolute atomic E-state index is 0.123. The molecule has 7 nitrogen and oxygen atoms in total. The molecule has 1 fully saturated rings. The van der Waals surface area contributed by atoms with E-state index in [1.54, 1.807) is 41.3 Å². The molecule has 0 radical (unpaired) electrons. The number of ether oxygens (including phenoxy) is 3. The summed E-state index contributed by atoms with van der Waals surface area (Å²) in [5.41, 5.74) is 0.915. The van der Waals surface area contributed by atoms with Crippen LogP contribution >= 0.6 is 0 Å². The van der Waals surface area contributed by atoms with Gasteiger partial charge in [0.1, 0.15) is 0 Å². The Balaban J connectivity index is 1.64. The lowest BCUT2D eigenvalue weighted by Gasteiger charge is -2.27. The van der Waals surface area contributed by atoms with E-state index in [0.29, 0.717) is 55.7 Å². The van der Waals surface area contributed by atoms with Gasteiger partial charge in [0.2, 0.25) is 0 Å². The Morgan fingerprint density at radius 1 is 1.00 bits per heavy atom. The molecule has 148 valence electrons. The fraction of sp³-hybridized carbons (Fsp3) is 0.333. The van der Waals surface area contributed by atoms with Gasteiger partial charge >= 0.3 is 0 Å². The Kier molecular flexibility index (Phi) is 6.86. The van der Waals surface area contributed by atoms with Crippen molar-refractivity contribution in [1.29, 1.82) is 0 Å². The Hall–Kier alpha value is -3.06. The van der Waals surface area contributed by atoms with Crippen LogP contribution in [0.1, 0.15) is 17.3 Å². The maximum atomic E-state index is 12.8. The number of hydrogen-bond donors (Lipinski definition) is 1. The first-order valence-electron chi connectivity index (χ1n) is 9.29. The minimum Gasteiger partial charge on any atom is -0.490 e. The molecule has 2 aromatic rings. The molecule has 0 atom stereocenters. The summed E-state index contributed by atoms with van der Waals surface area (Å²) in [6, 6.07) is 14.1. The quantitative estimate of drug-likeness (QED) is 0.794. The summed E-state index contributed by atoms with van der Waals surface area (Å²) >= 11 is 0. The number of nitrogens with one attached hydrogen (secondary N) is 1. The molecule has 0 spiro atoms. The third kappa shape index (κ3) is 5.01. The monoisotopic (exact) mass is 384 g/mol. The average molecular weight is 384 g/mol. The number of hydrogen-bond acceptors (Lipinski definition) is 5. The summed E-state index contributed by atoms with van der Waals surface area (Å²) in [4.78, 5) is 26.9. The second-order valence-corrected chi connectivity index (χ2v) is 6.17. The van der Waals surface area contributed by atoms with E-state index in [1.807, 2.05) is 19.1 Å². The van der Waals surface area contributed by atoms with E-state index in [-0.39, 0.29) is 18.4 Å². The van der Waals surface area contributed by atoms with Gasteiger partial charge in [-0.15, -0.1) is 0 Å². The van der Waals surface area contributed by atoms with Crippen LogP contribution in [0.15, 0.2) is 48.5 Å². The molecule has 0 saturated carbocycles. The Bertz CT molecular complexity index is 818. The van der Waals surface area contributed by atoms with Crippen LogP contribution in [0.2, 0.25) is 0 Å². The molecular weight excluding hydrogens is 360 g/mol. The van der Waals surface area contributed by atoms with E-state index in [2.05, 4.69) is 5.32 Å². The van der Waals surface area contributed by atoms with E-state index < -0.39 is 0 Å². The molecule has 0 unspecified atom stereocenters. The van der Waals surface area contributed by atoms with Gasteiger partial charge in [-0.05, 0) is 31.2 Å². The van der Waals surface area contributed by atoms with E-state index in [9.17, 15) is 9.59 Å². The first-order valence-corrected chi connectivity index (χ1v) is 9.29. The van der Waals surface area contributed by atoms with Gasteiger partial charge in [-0.2, -0.15) is 0 Å². The zero-order chi connectivity index (χ0) is 19.8. The van der Waals surface area contributed by atoms with Gasteiger partial charge in [0, 0.05) is 13.1 Å². The normalized spacial score (nSPS) is 13.7. The van der Waals surface area contributed by atoms with Gasteiger partial charge in [0.25, 0.3) is 11.8 Å². The van der Waals surface area contributed by atoms with Gasteiger partial charge in [0.05, 0.1) is 31.1 Å². The van der Waals surface area contributed by atoms with Crippen molar-refractivity contribution in [3.63, 3.8) is 0 Å². The number of morpholine rings is 1. The van der Waals surface area contributed by atoms with Crippen LogP contribution in [-0.4, -0.2) is 56.2 Å². The van der Waals surface area contributed by atoms with Gasteiger partial charge in [0.15, 0.2) is 18.1 Å². The Labute approximate surface area is 164 Å². The molecule has 0 aliphatic carbocycles. The SMILES string of the molecule is CCOc1ccccc1OCC(=O)Nc1ccccc1C(=O)N1CCOCC1. The summed E-state index contributed by atoms with van der Waals surface area (Å²) in [6.45, 7) is 4.32. The van der Waals surface area contributed by atoms with Crippen LogP contribution in [0.25, 0.3) is 0 Å². The van der Waals surface area contributed by atoms with Crippen LogP contribution in [0.4, 0.5) is 5.69 Å². The van der Waals surface area contributed by atoms with Gasteiger partial charge < -0.3 is 24.4 Å². The maximum Gasteiger partial charge on any atom is 0.262 e. The molecule has 28 heavy (non-hydrogen) atoms. The van der Waals surface area contributed by atoms with Crippen LogP contribution in [0.3, 0.4) is 0 Å². The van der Waals surface area contributed by atoms with Crippen molar-refractivity contribution in [2.45, 2.75) is 6.92 Å². The maximum absolute atomic E-state index is 12.8. The molecule has 1 N–H and O–H groups in total. The molecule has 1 heterocycles. The predicted octanol–water partition coefficient (Wildman–Crippen LogP) is 2.58. The fourth-order valence-electron chi connectivity index (χ4n) is 2.89. The van der Waals surface area contributed by atoms with Crippen molar-refractivity contribution < 1.29 is 23.8 Å². The van der Waals surface area contributed by atoms with Crippen molar-refractivity contribution in [3.8, 4) is 11.5 Å². The average Bonchev–Trinajstić information content (AvgIpc) is 2.74. The fourth-order valence-corrected chi connectivity index (χ4v) is 2.89. The topological polar surface area (TPSA) is 77.1 Å². The van der Waals surface area contributed by atoms with Crippen molar-refractivity contribution in [3.05, 3.63) is 54.1 Å². The molecule has 0 aromatic heterocycles. The summed E-state index contributed by atoms with van der Waals surface area (Å²) in [6.07, 6.45) is 0. The van der Waals surface area contributed by atoms with E-state index >= 15 is 0 Å². The largest absolute Gasteiger partial charge is 0.490 e. The number of anilines is 1. The van der Waals surface area contributed by atoms with E-state index in [1.165, 1.54) is 0 Å². The van der Waals surface area contributed by atoms with Gasteiger partial charge in [-0.1, -0.05) is 24.3 Å². The Morgan fingerprint density at radius 2 is 1.64 bits per heavy atom. The number of carbonyl (C=O) groups excluding carboxylic acids is 2. The lowest BCUT2D eigenvalue weighted by Crippen LogP contribution is -2.41. The van der Waals surface area contributed by atoms with Crippen molar-refractivity contribution in [2.24, 2.45) is 0 Å². The number of benzene rings is 2. The third-order valence-electron chi connectivity index (χ3n) is 4.24. The molecule has 2 amide bonds. The van der Waals surface area contributed by atoms with Crippen molar-refractivity contribution in [2.75, 3.05) is 44.8 Å². The number of para-hydroxylation sites is 3. The second kappa shape index (κ2) is 9.75. The number of amides is 2. The predicted molar refractivity (Wildman–Crippen MR) is 105 cm³/mol. The van der Waals surface area contributed by atoms with Crippen molar-refractivity contribution in [1.82, 2.24) is 4.90 Å². The van der Waals surface area contributed by atoms with Gasteiger partial charge in [-0.3, -0.25) is 9.59 Å². The lowest BCUT2D eigenvalue weighted by molar-refractivity contribution is -0.118. The number of carbonyl (C=O) groups is 2. The second-order valence-electron chi connectivity index (χ2n) is 6.17. The van der Waals surface area contributed by atoms with Crippen LogP contribution in [0, 0.1) is 0 Å². The zero-order valence-electron chi connectivity index (χ0n) is 15.8. The van der Waals surface area contributed by atoms with E-state index in [0.717, 1.165) is 0 Å². The molecule has 2 aromatic carbocycles. The third-order valence-corrected chi connectivity index (χ3v) is 4.24. The number of rotatable bonds is 7. The molecule has 0 bridgehead atoms. The summed E-state index contributed by atoms with van der Waals surface area (Å²) in [5.74, 6) is 0.605.